The van der Waals surface area contributed by atoms with Gasteiger partial charge in [0.1, 0.15) is 5.41 Å². The van der Waals surface area contributed by atoms with Gasteiger partial charge in [0.15, 0.2) is 0 Å². The highest BCUT2D eigenvalue weighted by molar-refractivity contribution is 5.80. The lowest BCUT2D eigenvalue weighted by molar-refractivity contribution is -0.384. The van der Waals surface area contributed by atoms with Gasteiger partial charge in [-0.3, -0.25) is 20.2 Å². The molecule has 0 aliphatic heterocycles. The minimum absolute atomic E-state index is 0.00969. The molecule has 12 nitrogen and oxygen atoms in total. The van der Waals surface area contributed by atoms with Crippen molar-refractivity contribution in [2.24, 2.45) is 0 Å². The van der Waals surface area contributed by atoms with Crippen LogP contribution in [0.5, 0.6) is 0 Å². The molecule has 1 aliphatic carbocycles. The van der Waals surface area contributed by atoms with Crippen molar-refractivity contribution < 1.29 is 18.7 Å². The van der Waals surface area contributed by atoms with Crippen molar-refractivity contribution in [2.75, 3.05) is 0 Å². The Balaban J connectivity index is 1.72. The number of rotatable bonds is 4. The van der Waals surface area contributed by atoms with E-state index in [-0.39, 0.29) is 45.0 Å². The molecule has 0 amide bonds. The predicted octanol–water partition coefficient (Wildman–Crippen LogP) is 3.76. The third-order valence-electron chi connectivity index (χ3n) is 6.17. The van der Waals surface area contributed by atoms with Crippen LogP contribution in [0.4, 0.5) is 11.4 Å². The molecule has 172 valence electrons. The van der Waals surface area contributed by atoms with Crippen molar-refractivity contribution in [3.05, 3.63) is 89.2 Å². The van der Waals surface area contributed by atoms with Crippen LogP contribution in [-0.2, 0) is 5.41 Å². The number of benzene rings is 2. The quantitative estimate of drug-likeness (QED) is 0.319. The van der Waals surface area contributed by atoms with Crippen LogP contribution in [0.2, 0.25) is 0 Å². The predicted molar refractivity (Wildman–Crippen MR) is 118 cm³/mol. The van der Waals surface area contributed by atoms with Gasteiger partial charge >= 0.3 is 11.3 Å². The summed E-state index contributed by atoms with van der Waals surface area (Å²) in [6.45, 7) is 0. The number of hydrogen-bond acceptors (Lipinski definition) is 10. The summed E-state index contributed by atoms with van der Waals surface area (Å²) in [5.41, 5.74) is -2.82. The molecule has 5 rings (SSSR count). The molecule has 2 aromatic carbocycles. The SMILES string of the molecule is O=c1oc(C2(c3nc4ccc([N+](=O)[O-])cc4c(=O)o3)CCCCC2)nc2ccc([N+](=O)[O-])cc12. The van der Waals surface area contributed by atoms with Crippen molar-refractivity contribution in [3.8, 4) is 0 Å². The number of non-ortho nitro benzene ring substituents is 2. The molecular weight excluding hydrogens is 448 g/mol. The number of hydrogen-bond donors (Lipinski definition) is 0. The molecule has 12 heteroatoms. The molecule has 0 bridgehead atoms. The average molecular weight is 464 g/mol. The van der Waals surface area contributed by atoms with Crippen molar-refractivity contribution in [1.82, 2.24) is 9.97 Å². The molecule has 2 heterocycles. The molecule has 1 fully saturated rings. The molecule has 2 aromatic heterocycles. The zero-order valence-electron chi connectivity index (χ0n) is 17.6. The molecule has 0 radical (unpaired) electrons. The van der Waals surface area contributed by atoms with Crippen LogP contribution in [0.15, 0.2) is 54.8 Å². The first-order valence-corrected chi connectivity index (χ1v) is 10.5. The van der Waals surface area contributed by atoms with Crippen molar-refractivity contribution in [1.29, 1.82) is 0 Å². The zero-order valence-corrected chi connectivity index (χ0v) is 17.6. The molecule has 4 aromatic rings. The third kappa shape index (κ3) is 3.39. The van der Waals surface area contributed by atoms with Crippen molar-refractivity contribution >= 4 is 33.2 Å². The highest BCUT2D eigenvalue weighted by atomic mass is 16.6. The Labute approximate surface area is 189 Å². The Morgan fingerprint density at radius 1 is 0.735 bits per heavy atom. The first kappa shape index (κ1) is 21.4. The summed E-state index contributed by atoms with van der Waals surface area (Å²) in [5, 5.41) is 22.1. The summed E-state index contributed by atoms with van der Waals surface area (Å²) in [6.07, 6.45) is 3.25. The van der Waals surface area contributed by atoms with E-state index in [4.69, 9.17) is 8.83 Å². The maximum Gasteiger partial charge on any atom is 0.347 e. The Morgan fingerprint density at radius 3 is 1.59 bits per heavy atom. The maximum atomic E-state index is 12.8. The fourth-order valence-electron chi connectivity index (χ4n) is 4.43. The lowest BCUT2D eigenvalue weighted by Gasteiger charge is -2.32. The number of nitro groups is 2. The van der Waals surface area contributed by atoms with Gasteiger partial charge < -0.3 is 8.83 Å². The molecule has 0 N–H and O–H groups in total. The molecule has 1 saturated carbocycles. The van der Waals surface area contributed by atoms with E-state index in [1.165, 1.54) is 24.3 Å². The molecule has 1 aliphatic rings. The maximum absolute atomic E-state index is 12.8. The normalized spacial score (nSPS) is 15.4. The summed E-state index contributed by atoms with van der Waals surface area (Å²) >= 11 is 0. The minimum Gasteiger partial charge on any atom is -0.407 e. The number of aromatic nitrogens is 2. The van der Waals surface area contributed by atoms with Crippen molar-refractivity contribution in [2.45, 2.75) is 37.5 Å². The lowest BCUT2D eigenvalue weighted by Crippen LogP contribution is -2.34. The number of fused-ring (bicyclic) bond motifs is 2. The summed E-state index contributed by atoms with van der Waals surface area (Å²) in [4.78, 5) is 55.4. The lowest BCUT2D eigenvalue weighted by atomic mass is 9.73. The molecule has 34 heavy (non-hydrogen) atoms. The first-order valence-electron chi connectivity index (χ1n) is 10.5. The van der Waals surface area contributed by atoms with Gasteiger partial charge in [-0.25, -0.2) is 19.6 Å². The van der Waals surface area contributed by atoms with Crippen LogP contribution in [-0.4, -0.2) is 19.8 Å². The van der Waals surface area contributed by atoms with Gasteiger partial charge in [0.2, 0.25) is 11.8 Å². The molecule has 0 atom stereocenters. The highest BCUT2D eigenvalue weighted by Gasteiger charge is 2.44. The Morgan fingerprint density at radius 2 is 1.18 bits per heavy atom. The van der Waals surface area contributed by atoms with Gasteiger partial charge in [0.25, 0.3) is 11.4 Å². The summed E-state index contributed by atoms with van der Waals surface area (Å²) in [6, 6.07) is 7.43. The molecule has 0 unspecified atom stereocenters. The first-order chi connectivity index (χ1) is 16.3. The minimum atomic E-state index is -1.11. The van der Waals surface area contributed by atoms with E-state index >= 15 is 0 Å². The van der Waals surface area contributed by atoms with Gasteiger partial charge in [-0.05, 0) is 25.0 Å². The van der Waals surface area contributed by atoms with Crippen LogP contribution in [0.1, 0.15) is 43.9 Å². The van der Waals surface area contributed by atoms with Crippen LogP contribution in [0, 0.1) is 20.2 Å². The van der Waals surface area contributed by atoms with Crippen LogP contribution < -0.4 is 11.3 Å². The summed E-state index contributed by atoms with van der Waals surface area (Å²) in [5.74, 6) is 0.0194. The highest BCUT2D eigenvalue weighted by Crippen LogP contribution is 2.43. The molecular formula is C22H16N4O8. The second-order valence-corrected chi connectivity index (χ2v) is 8.17. The van der Waals surface area contributed by atoms with E-state index < -0.39 is 26.5 Å². The second kappa shape index (κ2) is 7.83. The Kier molecular flexibility index (Phi) is 4.92. The summed E-state index contributed by atoms with van der Waals surface area (Å²) in [7, 11) is 0. The third-order valence-corrected chi connectivity index (χ3v) is 6.17. The van der Waals surface area contributed by atoms with Gasteiger partial charge in [-0.2, -0.15) is 0 Å². The standard InChI is InChI=1S/C22H16N4O8/c27-18-14-10-12(25(29)30)4-6-16(14)23-20(33-18)22(8-2-1-3-9-22)21-24-17-7-5-13(26(31)32)11-15(17)19(28)34-21/h4-7,10-11H,1-3,8-9H2. The van der Waals surface area contributed by atoms with E-state index in [9.17, 15) is 29.8 Å². The van der Waals surface area contributed by atoms with Gasteiger partial charge in [0, 0.05) is 24.3 Å². The summed E-state index contributed by atoms with van der Waals surface area (Å²) < 4.78 is 11.1. The number of nitro benzene ring substituents is 2. The van der Waals surface area contributed by atoms with E-state index in [1.54, 1.807) is 0 Å². The molecule has 0 spiro atoms. The van der Waals surface area contributed by atoms with Gasteiger partial charge in [-0.15, -0.1) is 0 Å². The van der Waals surface area contributed by atoms with Crippen LogP contribution in [0.3, 0.4) is 0 Å². The fraction of sp³-hybridized carbons (Fsp3) is 0.273. The van der Waals surface area contributed by atoms with Crippen molar-refractivity contribution in [3.63, 3.8) is 0 Å². The van der Waals surface area contributed by atoms with E-state index in [1.807, 2.05) is 0 Å². The average Bonchev–Trinajstić information content (AvgIpc) is 2.83. The smallest absolute Gasteiger partial charge is 0.347 e. The Hall–Kier alpha value is -4.48. The molecule has 0 saturated heterocycles. The van der Waals surface area contributed by atoms with Gasteiger partial charge in [0.05, 0.1) is 31.7 Å². The number of nitrogens with zero attached hydrogens (tertiary/aromatic N) is 4. The zero-order chi connectivity index (χ0) is 24.0. The van der Waals surface area contributed by atoms with Crippen LogP contribution in [0.25, 0.3) is 21.8 Å². The topological polar surface area (TPSA) is 172 Å². The fourth-order valence-corrected chi connectivity index (χ4v) is 4.43. The van der Waals surface area contributed by atoms with Crippen LogP contribution >= 0.6 is 0 Å². The largest absolute Gasteiger partial charge is 0.407 e. The second-order valence-electron chi connectivity index (χ2n) is 8.17. The van der Waals surface area contributed by atoms with E-state index in [2.05, 4.69) is 9.97 Å². The van der Waals surface area contributed by atoms with E-state index in [0.717, 1.165) is 31.4 Å². The monoisotopic (exact) mass is 464 g/mol. The van der Waals surface area contributed by atoms with E-state index in [0.29, 0.717) is 12.8 Å². The Bertz CT molecular complexity index is 1490. The van der Waals surface area contributed by atoms with Gasteiger partial charge in [-0.1, -0.05) is 19.3 Å².